The van der Waals surface area contributed by atoms with Crippen molar-refractivity contribution in [2.45, 2.75) is 19.5 Å². The zero-order chi connectivity index (χ0) is 15.3. The molecule has 0 fully saturated rings. The molecule has 0 saturated heterocycles. The maximum Gasteiger partial charge on any atom is 0.416 e. The Bertz CT molecular complexity index is 535. The molecule has 0 spiro atoms. The Labute approximate surface area is 114 Å². The van der Waals surface area contributed by atoms with E-state index < -0.39 is 17.7 Å². The van der Waals surface area contributed by atoms with Gasteiger partial charge in [0.25, 0.3) is 0 Å². The number of hydrogen-bond acceptors (Lipinski definition) is 3. The number of aliphatic carboxylic acids is 1. The third-order valence-electron chi connectivity index (χ3n) is 2.76. The molecule has 1 rings (SSSR count). The van der Waals surface area contributed by atoms with Crippen LogP contribution < -0.4 is 4.90 Å². The van der Waals surface area contributed by atoms with E-state index in [0.29, 0.717) is 12.2 Å². The molecule has 0 aromatic heterocycles. The van der Waals surface area contributed by atoms with Crippen molar-refractivity contribution >= 4 is 11.7 Å². The van der Waals surface area contributed by atoms with Crippen molar-refractivity contribution in [2.24, 2.45) is 0 Å². The Balaban J connectivity index is 3.11. The van der Waals surface area contributed by atoms with Gasteiger partial charge in [-0.2, -0.15) is 18.4 Å². The van der Waals surface area contributed by atoms with Gasteiger partial charge in [0.1, 0.15) is 6.07 Å². The second-order valence-corrected chi connectivity index (χ2v) is 4.06. The van der Waals surface area contributed by atoms with Gasteiger partial charge in [0.2, 0.25) is 0 Å². The minimum atomic E-state index is -4.51. The van der Waals surface area contributed by atoms with Crippen LogP contribution in [0.5, 0.6) is 0 Å². The van der Waals surface area contributed by atoms with Gasteiger partial charge in [0, 0.05) is 13.1 Å². The fourth-order valence-corrected chi connectivity index (χ4v) is 1.76. The first kappa shape index (κ1) is 15.8. The summed E-state index contributed by atoms with van der Waals surface area (Å²) in [5.74, 6) is -1.01. The summed E-state index contributed by atoms with van der Waals surface area (Å²) in [6.07, 6.45) is -4.66. The van der Waals surface area contributed by atoms with E-state index in [1.165, 1.54) is 6.07 Å². The number of nitrogens with zero attached hydrogens (tertiary/aromatic N) is 2. The monoisotopic (exact) mass is 286 g/mol. The van der Waals surface area contributed by atoms with Crippen LogP contribution in [0.2, 0.25) is 0 Å². The molecule has 0 aliphatic heterocycles. The molecule has 0 unspecified atom stereocenters. The second kappa shape index (κ2) is 6.28. The lowest BCUT2D eigenvalue weighted by Crippen LogP contribution is -2.26. The maximum atomic E-state index is 12.6. The normalized spacial score (nSPS) is 10.9. The van der Waals surface area contributed by atoms with Gasteiger partial charge in [-0.3, -0.25) is 4.79 Å². The summed E-state index contributed by atoms with van der Waals surface area (Å²) in [7, 11) is 0. The first-order valence-corrected chi connectivity index (χ1v) is 5.87. The molecule has 20 heavy (non-hydrogen) atoms. The molecule has 0 aliphatic rings. The summed E-state index contributed by atoms with van der Waals surface area (Å²) < 4.78 is 37.7. The van der Waals surface area contributed by atoms with Crippen molar-refractivity contribution < 1.29 is 23.1 Å². The Kier molecular flexibility index (Phi) is 4.97. The standard InChI is InChI=1S/C13H13F3N2O2/c1-2-18(6-5-12(19)20)11-4-3-10(13(14,15)16)7-9(11)8-17/h3-4,7H,2,5-6H2,1H3,(H,19,20). The van der Waals surface area contributed by atoms with Crippen LogP contribution in [0.3, 0.4) is 0 Å². The van der Waals surface area contributed by atoms with E-state index in [0.717, 1.165) is 12.1 Å². The third-order valence-corrected chi connectivity index (χ3v) is 2.76. The quantitative estimate of drug-likeness (QED) is 0.904. The zero-order valence-corrected chi connectivity index (χ0v) is 10.7. The molecule has 0 atom stereocenters. The van der Waals surface area contributed by atoms with Crippen LogP contribution in [0.1, 0.15) is 24.5 Å². The molecule has 0 aliphatic carbocycles. The number of halogens is 3. The highest BCUT2D eigenvalue weighted by molar-refractivity contribution is 5.68. The SMILES string of the molecule is CCN(CCC(=O)O)c1ccc(C(F)(F)F)cc1C#N. The van der Waals surface area contributed by atoms with Crippen LogP contribution in [-0.4, -0.2) is 24.2 Å². The van der Waals surface area contributed by atoms with E-state index in [9.17, 15) is 18.0 Å². The molecule has 0 saturated carbocycles. The third kappa shape index (κ3) is 3.88. The van der Waals surface area contributed by atoms with Crippen molar-refractivity contribution in [3.63, 3.8) is 0 Å². The van der Waals surface area contributed by atoms with Gasteiger partial charge in [-0.25, -0.2) is 0 Å². The topological polar surface area (TPSA) is 64.3 Å². The van der Waals surface area contributed by atoms with E-state index >= 15 is 0 Å². The lowest BCUT2D eigenvalue weighted by atomic mass is 10.1. The van der Waals surface area contributed by atoms with Crippen LogP contribution in [0.15, 0.2) is 18.2 Å². The van der Waals surface area contributed by atoms with Gasteiger partial charge in [-0.05, 0) is 25.1 Å². The summed E-state index contributed by atoms with van der Waals surface area (Å²) in [5.41, 5.74) is -0.705. The number of carboxylic acids is 1. The molecule has 1 N–H and O–H groups in total. The van der Waals surface area contributed by atoms with Crippen LogP contribution >= 0.6 is 0 Å². The number of alkyl halides is 3. The highest BCUT2D eigenvalue weighted by atomic mass is 19.4. The van der Waals surface area contributed by atoms with E-state index in [-0.39, 0.29) is 18.5 Å². The summed E-state index contributed by atoms with van der Waals surface area (Å²) >= 11 is 0. The minimum Gasteiger partial charge on any atom is -0.481 e. The molecule has 4 nitrogen and oxygen atoms in total. The summed E-state index contributed by atoms with van der Waals surface area (Å²) in [4.78, 5) is 12.1. The van der Waals surface area contributed by atoms with Crippen LogP contribution in [-0.2, 0) is 11.0 Å². The number of rotatable bonds is 5. The van der Waals surface area contributed by atoms with Crippen LogP contribution in [0.4, 0.5) is 18.9 Å². The largest absolute Gasteiger partial charge is 0.481 e. The number of benzene rings is 1. The van der Waals surface area contributed by atoms with Gasteiger partial charge >= 0.3 is 12.1 Å². The molecular weight excluding hydrogens is 273 g/mol. The Morgan fingerprint density at radius 3 is 2.55 bits per heavy atom. The zero-order valence-electron chi connectivity index (χ0n) is 10.7. The van der Waals surface area contributed by atoms with E-state index in [1.54, 1.807) is 17.9 Å². The molecule has 0 bridgehead atoms. The lowest BCUT2D eigenvalue weighted by Gasteiger charge is -2.24. The summed E-state index contributed by atoms with van der Waals surface area (Å²) in [6, 6.07) is 4.59. The van der Waals surface area contributed by atoms with Crippen LogP contribution in [0, 0.1) is 11.3 Å². The average Bonchev–Trinajstić information content (AvgIpc) is 2.38. The van der Waals surface area contributed by atoms with Gasteiger partial charge in [0.05, 0.1) is 23.2 Å². The number of carboxylic acid groups (broad SMARTS) is 1. The van der Waals surface area contributed by atoms with Crippen molar-refractivity contribution in [1.82, 2.24) is 0 Å². The Hall–Kier alpha value is -2.23. The van der Waals surface area contributed by atoms with Crippen LogP contribution in [0.25, 0.3) is 0 Å². The lowest BCUT2D eigenvalue weighted by molar-refractivity contribution is -0.138. The number of carbonyl (C=O) groups is 1. The summed E-state index contributed by atoms with van der Waals surface area (Å²) in [6.45, 7) is 2.26. The van der Waals surface area contributed by atoms with Gasteiger partial charge in [-0.15, -0.1) is 0 Å². The van der Waals surface area contributed by atoms with Crippen molar-refractivity contribution in [3.8, 4) is 6.07 Å². The van der Waals surface area contributed by atoms with Crippen molar-refractivity contribution in [2.75, 3.05) is 18.0 Å². The van der Waals surface area contributed by atoms with Crippen molar-refractivity contribution in [3.05, 3.63) is 29.3 Å². The highest BCUT2D eigenvalue weighted by Crippen LogP contribution is 2.32. The molecule has 1 aromatic rings. The van der Waals surface area contributed by atoms with Gasteiger partial charge < -0.3 is 10.0 Å². The van der Waals surface area contributed by atoms with E-state index in [2.05, 4.69) is 0 Å². The minimum absolute atomic E-state index is 0.118. The predicted molar refractivity (Wildman–Crippen MR) is 66.3 cm³/mol. The van der Waals surface area contributed by atoms with Gasteiger partial charge in [-0.1, -0.05) is 0 Å². The molecule has 1 aromatic carbocycles. The fraction of sp³-hybridized carbons (Fsp3) is 0.385. The predicted octanol–water partition coefficient (Wildman–Crippen LogP) is 2.88. The van der Waals surface area contributed by atoms with Crippen molar-refractivity contribution in [1.29, 1.82) is 5.26 Å². The molecule has 0 radical (unpaired) electrons. The molecule has 0 amide bonds. The number of anilines is 1. The first-order chi connectivity index (χ1) is 9.29. The molecule has 108 valence electrons. The van der Waals surface area contributed by atoms with E-state index in [1.807, 2.05) is 0 Å². The maximum absolute atomic E-state index is 12.6. The molecular formula is C13H13F3N2O2. The van der Waals surface area contributed by atoms with E-state index in [4.69, 9.17) is 10.4 Å². The molecule has 0 heterocycles. The number of hydrogen-bond donors (Lipinski definition) is 1. The Morgan fingerprint density at radius 2 is 2.10 bits per heavy atom. The number of nitriles is 1. The summed E-state index contributed by atoms with van der Waals surface area (Å²) in [5, 5.41) is 17.6. The second-order valence-electron chi connectivity index (χ2n) is 4.06. The molecule has 7 heteroatoms. The Morgan fingerprint density at radius 1 is 1.45 bits per heavy atom. The average molecular weight is 286 g/mol. The highest BCUT2D eigenvalue weighted by Gasteiger charge is 2.31. The smallest absolute Gasteiger partial charge is 0.416 e. The fourth-order valence-electron chi connectivity index (χ4n) is 1.76. The first-order valence-electron chi connectivity index (χ1n) is 5.87. The van der Waals surface area contributed by atoms with Gasteiger partial charge in [0.15, 0.2) is 0 Å².